The summed E-state index contributed by atoms with van der Waals surface area (Å²) in [6, 6.07) is 18.8. The van der Waals surface area contributed by atoms with Gasteiger partial charge in [-0.1, -0.05) is 48.5 Å². The van der Waals surface area contributed by atoms with Crippen molar-refractivity contribution in [3.63, 3.8) is 0 Å². The Hall–Kier alpha value is -4.81. The van der Waals surface area contributed by atoms with Crippen LogP contribution in [0.15, 0.2) is 77.9 Å². The lowest BCUT2D eigenvalue weighted by molar-refractivity contribution is -0.159. The molecule has 2 unspecified atom stereocenters. The van der Waals surface area contributed by atoms with Gasteiger partial charge in [-0.05, 0) is 61.4 Å². The number of aromatic nitrogens is 1. The number of amides is 3. The number of anilines is 3. The molecule has 2 aromatic carbocycles. The molecule has 0 aliphatic carbocycles. The van der Waals surface area contributed by atoms with Gasteiger partial charge in [0, 0.05) is 51.4 Å². The summed E-state index contributed by atoms with van der Waals surface area (Å²) in [5, 5.41) is 5.67. The van der Waals surface area contributed by atoms with Crippen molar-refractivity contribution in [2.75, 3.05) is 54.8 Å². The number of nitrogens with zero attached hydrogens (tertiary/aromatic N) is 5. The average molecular weight is 664 g/mol. The highest BCUT2D eigenvalue weighted by molar-refractivity contribution is 5.96. The van der Waals surface area contributed by atoms with Crippen molar-refractivity contribution in [2.24, 2.45) is 4.99 Å². The first-order chi connectivity index (χ1) is 23.1. The molecular formula is C35H40F3N7O3. The maximum absolute atomic E-state index is 13.9. The molecule has 3 aliphatic rings. The van der Waals surface area contributed by atoms with Gasteiger partial charge in [0.25, 0.3) is 11.9 Å². The smallest absolute Gasteiger partial charge is 0.411 e. The number of aliphatic imine (C=N–C) groups is 1. The standard InChI is InChI=1S/C35H40F3N7O3/c1-24-8-5-6-11-28(24)41-33(47)44-17-7-16-43(20-21-44)31-13-12-27(23-39-31)40-32(46)29-22-30(35(36,37)38)42-34(48-29)45-18-14-26(15-19-45)25-9-3-2-4-10-25/h2-6,8-13,23,26,29-30H,7,14-22H2,1H3,(H,40,46)(H,41,47). The second-order valence-electron chi connectivity index (χ2n) is 12.5. The third-order valence-electron chi connectivity index (χ3n) is 9.17. The minimum Gasteiger partial charge on any atom is -0.452 e. The number of alkyl halides is 3. The number of piperidine rings is 1. The molecule has 3 aromatic rings. The normalized spacial score (nSPS) is 20.8. The summed E-state index contributed by atoms with van der Waals surface area (Å²) >= 11 is 0. The van der Waals surface area contributed by atoms with Crippen molar-refractivity contribution in [3.05, 3.63) is 84.1 Å². The van der Waals surface area contributed by atoms with Crippen molar-refractivity contribution in [2.45, 2.75) is 56.8 Å². The molecule has 48 heavy (non-hydrogen) atoms. The molecular weight excluding hydrogens is 623 g/mol. The number of benzene rings is 2. The van der Waals surface area contributed by atoms with E-state index in [4.69, 9.17) is 4.74 Å². The van der Waals surface area contributed by atoms with Gasteiger partial charge in [-0.3, -0.25) is 4.79 Å². The average Bonchev–Trinajstić information content (AvgIpc) is 3.36. The molecule has 254 valence electrons. The Bertz CT molecular complexity index is 1590. The summed E-state index contributed by atoms with van der Waals surface area (Å²) in [5.41, 5.74) is 3.31. The largest absolute Gasteiger partial charge is 0.452 e. The molecule has 4 heterocycles. The molecule has 6 rings (SSSR count). The fourth-order valence-electron chi connectivity index (χ4n) is 6.37. The number of pyridine rings is 1. The van der Waals surface area contributed by atoms with Crippen LogP contribution in [0.3, 0.4) is 0 Å². The fraction of sp³-hybridized carbons (Fsp3) is 0.429. The minimum absolute atomic E-state index is 0.133. The lowest BCUT2D eigenvalue weighted by atomic mass is 9.89. The zero-order chi connectivity index (χ0) is 33.7. The van der Waals surface area contributed by atoms with Crippen molar-refractivity contribution in [1.29, 1.82) is 0 Å². The Balaban J connectivity index is 1.04. The van der Waals surface area contributed by atoms with Crippen molar-refractivity contribution >= 4 is 35.2 Å². The summed E-state index contributed by atoms with van der Waals surface area (Å²) in [6.45, 7) is 5.26. The van der Waals surface area contributed by atoms with Gasteiger partial charge >= 0.3 is 12.2 Å². The minimum atomic E-state index is -4.61. The van der Waals surface area contributed by atoms with Crippen molar-refractivity contribution in [3.8, 4) is 0 Å². The highest BCUT2D eigenvalue weighted by atomic mass is 19.4. The van der Waals surface area contributed by atoms with E-state index >= 15 is 0 Å². The van der Waals surface area contributed by atoms with E-state index < -0.39 is 30.7 Å². The second-order valence-corrected chi connectivity index (χ2v) is 12.5. The fourth-order valence-corrected chi connectivity index (χ4v) is 6.37. The van der Waals surface area contributed by atoms with E-state index in [1.54, 1.807) is 21.9 Å². The zero-order valence-corrected chi connectivity index (χ0v) is 26.8. The van der Waals surface area contributed by atoms with E-state index in [0.29, 0.717) is 56.7 Å². The first-order valence-electron chi connectivity index (χ1n) is 16.4. The molecule has 0 bridgehead atoms. The Morgan fingerprint density at radius 3 is 2.31 bits per heavy atom. The number of likely N-dealkylation sites (tertiary alicyclic amines) is 1. The van der Waals surface area contributed by atoms with Gasteiger partial charge in [-0.2, -0.15) is 13.2 Å². The number of carbonyl (C=O) groups excluding carboxylic acids is 2. The number of hydrogen-bond donors (Lipinski definition) is 2. The predicted molar refractivity (Wildman–Crippen MR) is 178 cm³/mol. The highest BCUT2D eigenvalue weighted by Gasteiger charge is 2.47. The number of nitrogens with one attached hydrogen (secondary N) is 2. The predicted octanol–water partition coefficient (Wildman–Crippen LogP) is 6.03. The third-order valence-corrected chi connectivity index (χ3v) is 9.17. The van der Waals surface area contributed by atoms with Crippen molar-refractivity contribution < 1.29 is 27.5 Å². The first-order valence-corrected chi connectivity index (χ1v) is 16.4. The number of urea groups is 1. The van der Waals surface area contributed by atoms with E-state index in [-0.39, 0.29) is 12.1 Å². The van der Waals surface area contributed by atoms with Crippen LogP contribution in [0.4, 0.5) is 35.2 Å². The van der Waals surface area contributed by atoms with Crippen LogP contribution in [-0.2, 0) is 9.53 Å². The Morgan fingerprint density at radius 1 is 0.854 bits per heavy atom. The molecule has 0 spiro atoms. The number of halogens is 3. The first kappa shape index (κ1) is 33.1. The molecule has 3 amide bonds. The quantitative estimate of drug-likeness (QED) is 0.346. The van der Waals surface area contributed by atoms with E-state index in [9.17, 15) is 22.8 Å². The Morgan fingerprint density at radius 2 is 1.60 bits per heavy atom. The molecule has 2 atom stereocenters. The van der Waals surface area contributed by atoms with Gasteiger partial charge < -0.3 is 30.1 Å². The SMILES string of the molecule is Cc1ccccc1NC(=O)N1CCCN(c2ccc(NC(=O)C3CC(C(F)(F)F)N=C(N4CCC(c5ccccc5)CC4)O3)cn2)CC1. The van der Waals surface area contributed by atoms with Crippen LogP contribution < -0.4 is 15.5 Å². The van der Waals surface area contributed by atoms with Gasteiger partial charge in [0.15, 0.2) is 12.1 Å². The number of aryl methyl sites for hydroxylation is 1. The number of ether oxygens (including phenoxy) is 1. The van der Waals surface area contributed by atoms with Gasteiger partial charge in [0.05, 0.1) is 11.9 Å². The number of para-hydroxylation sites is 1. The molecule has 10 nitrogen and oxygen atoms in total. The summed E-state index contributed by atoms with van der Waals surface area (Å²) in [7, 11) is 0. The second kappa shape index (κ2) is 14.5. The molecule has 13 heteroatoms. The van der Waals surface area contributed by atoms with E-state index in [1.807, 2.05) is 49.4 Å². The summed E-state index contributed by atoms with van der Waals surface area (Å²) in [4.78, 5) is 40.1. The summed E-state index contributed by atoms with van der Waals surface area (Å²) in [6.07, 6.45) is -2.86. The Labute approximate surface area is 278 Å². The number of amidine groups is 1. The zero-order valence-electron chi connectivity index (χ0n) is 26.8. The van der Waals surface area contributed by atoms with Crippen LogP contribution in [0.2, 0.25) is 0 Å². The van der Waals surface area contributed by atoms with E-state index in [0.717, 1.165) is 30.5 Å². The van der Waals surface area contributed by atoms with Gasteiger partial charge in [0.1, 0.15) is 5.82 Å². The maximum atomic E-state index is 13.9. The maximum Gasteiger partial charge on any atom is 0.411 e. The summed E-state index contributed by atoms with van der Waals surface area (Å²) < 4.78 is 47.6. The third kappa shape index (κ3) is 8.00. The monoisotopic (exact) mass is 663 g/mol. The molecule has 1 aromatic heterocycles. The van der Waals surface area contributed by atoms with Crippen LogP contribution in [-0.4, -0.2) is 90.3 Å². The number of hydrogen-bond acceptors (Lipinski definition) is 7. The summed E-state index contributed by atoms with van der Waals surface area (Å²) in [5.74, 6) is 0.292. The number of rotatable bonds is 5. The molecule has 2 N–H and O–H groups in total. The Kier molecular flexibility index (Phi) is 10.0. The van der Waals surface area contributed by atoms with Gasteiger partial charge in [-0.15, -0.1) is 0 Å². The molecule has 0 radical (unpaired) electrons. The number of carbonyl (C=O) groups is 2. The van der Waals surface area contributed by atoms with Crippen LogP contribution in [0.5, 0.6) is 0 Å². The van der Waals surface area contributed by atoms with Gasteiger partial charge in [-0.25, -0.2) is 14.8 Å². The molecule has 3 aliphatic heterocycles. The van der Waals surface area contributed by atoms with Crippen LogP contribution >= 0.6 is 0 Å². The lowest BCUT2D eigenvalue weighted by Gasteiger charge is -2.37. The van der Waals surface area contributed by atoms with E-state index in [1.165, 1.54) is 11.8 Å². The van der Waals surface area contributed by atoms with Crippen molar-refractivity contribution in [1.82, 2.24) is 14.8 Å². The van der Waals surface area contributed by atoms with Gasteiger partial charge in [0.2, 0.25) is 0 Å². The molecule has 0 saturated carbocycles. The van der Waals surface area contributed by atoms with E-state index in [2.05, 4.69) is 37.6 Å². The van der Waals surface area contributed by atoms with Crippen LogP contribution in [0.1, 0.15) is 42.7 Å². The topological polar surface area (TPSA) is 102 Å². The molecule has 2 saturated heterocycles. The van der Waals surface area contributed by atoms with Crippen LogP contribution in [0, 0.1) is 6.92 Å². The van der Waals surface area contributed by atoms with Crippen LogP contribution in [0.25, 0.3) is 0 Å². The highest BCUT2D eigenvalue weighted by Crippen LogP contribution is 2.33. The molecule has 2 fully saturated rings. The lowest BCUT2D eigenvalue weighted by Crippen LogP contribution is -2.49.